The number of amides is 1. The maximum atomic E-state index is 13.3. The maximum absolute atomic E-state index is 13.3. The topological polar surface area (TPSA) is 102 Å². The van der Waals surface area contributed by atoms with Gasteiger partial charge in [0.1, 0.15) is 5.75 Å². The molecular formula is C30H37NO6S. The summed E-state index contributed by atoms with van der Waals surface area (Å²) >= 11 is 0. The van der Waals surface area contributed by atoms with Crippen molar-refractivity contribution in [1.29, 1.82) is 0 Å². The molecule has 2 aromatic carbocycles. The van der Waals surface area contributed by atoms with E-state index in [0.29, 0.717) is 18.3 Å². The highest BCUT2D eigenvalue weighted by atomic mass is 32.2. The summed E-state index contributed by atoms with van der Waals surface area (Å²) in [6.07, 6.45) is 10.3. The Morgan fingerprint density at radius 1 is 1.21 bits per heavy atom. The first-order valence-electron chi connectivity index (χ1n) is 12.9. The minimum Gasteiger partial charge on any atom is -0.494 e. The quantitative estimate of drug-likeness (QED) is 0.182. The van der Waals surface area contributed by atoms with Gasteiger partial charge < -0.3 is 9.47 Å². The van der Waals surface area contributed by atoms with Crippen LogP contribution in [0.25, 0.3) is 5.57 Å². The summed E-state index contributed by atoms with van der Waals surface area (Å²) < 4.78 is 35.9. The fourth-order valence-electron chi connectivity index (χ4n) is 4.67. The number of carbonyl (C=O) groups is 1. The second-order valence-electron chi connectivity index (χ2n) is 10.0. The first kappa shape index (κ1) is 29.4. The van der Waals surface area contributed by atoms with Gasteiger partial charge in [0.05, 0.1) is 11.5 Å². The van der Waals surface area contributed by atoms with Gasteiger partial charge in [-0.25, -0.2) is 13.9 Å². The Hall–Kier alpha value is -3.12. The number of unbranched alkanes of at least 4 members (excludes halogenated alkanes) is 1. The van der Waals surface area contributed by atoms with E-state index in [1.54, 1.807) is 12.1 Å². The smallest absolute Gasteiger partial charge is 0.265 e. The van der Waals surface area contributed by atoms with Crippen LogP contribution < -0.4 is 10.2 Å². The molecule has 1 aliphatic rings. The average molecular weight is 540 g/mol. The highest BCUT2D eigenvalue weighted by Crippen LogP contribution is 2.35. The standard InChI is InChI=1S/C30H37NO6S/c1-5-24(26-10-9-25(20-22(2)3)23(4)21-26)8-6-7-17-37-27-11-13-28(14-12-27)38(34,35)30(29(32)31-33)15-18-36-19-16-30/h1,8-14,21-22,33H,6-7,15-20H2,2-4H3,(H,31,32)/b24-8+. The number of hydrogen-bond acceptors (Lipinski definition) is 6. The van der Waals surface area contributed by atoms with E-state index in [1.165, 1.54) is 28.7 Å². The van der Waals surface area contributed by atoms with Crippen LogP contribution >= 0.6 is 0 Å². The van der Waals surface area contributed by atoms with Crippen LogP contribution in [0.1, 0.15) is 56.2 Å². The number of allylic oxidation sites excluding steroid dienone is 2. The number of sulfone groups is 1. The molecule has 204 valence electrons. The molecule has 0 atom stereocenters. The van der Waals surface area contributed by atoms with Gasteiger partial charge in [0.2, 0.25) is 0 Å². The molecule has 2 N–H and O–H groups in total. The zero-order chi connectivity index (χ0) is 27.8. The fraction of sp³-hybridized carbons (Fsp3) is 0.433. The van der Waals surface area contributed by atoms with Gasteiger partial charge in [-0.3, -0.25) is 10.0 Å². The molecule has 38 heavy (non-hydrogen) atoms. The van der Waals surface area contributed by atoms with Gasteiger partial charge in [-0.2, -0.15) is 0 Å². The van der Waals surface area contributed by atoms with Crippen LogP contribution in [0.3, 0.4) is 0 Å². The molecule has 0 spiro atoms. The second kappa shape index (κ2) is 13.1. The van der Waals surface area contributed by atoms with Crippen LogP contribution in [-0.2, 0) is 25.8 Å². The van der Waals surface area contributed by atoms with Crippen LogP contribution in [-0.4, -0.2) is 44.1 Å². The molecule has 1 amide bonds. The number of benzene rings is 2. The van der Waals surface area contributed by atoms with Gasteiger partial charge >= 0.3 is 0 Å². The molecule has 2 aromatic rings. The summed E-state index contributed by atoms with van der Waals surface area (Å²) in [6, 6.07) is 12.4. The molecule has 1 fully saturated rings. The predicted octanol–water partition coefficient (Wildman–Crippen LogP) is 4.90. The summed E-state index contributed by atoms with van der Waals surface area (Å²) in [5.41, 5.74) is 5.99. The number of hydroxylamine groups is 1. The molecule has 1 aliphatic heterocycles. The SMILES string of the molecule is C#C/C(=C\CCCOc1ccc(S(=O)(=O)C2(C(=O)NO)CCOCC2)cc1)c1ccc(CC(C)C)c(C)c1. The summed E-state index contributed by atoms with van der Waals surface area (Å²) in [5, 5.41) is 9.17. The van der Waals surface area contributed by atoms with Gasteiger partial charge in [0.15, 0.2) is 14.6 Å². The highest BCUT2D eigenvalue weighted by Gasteiger charge is 2.52. The predicted molar refractivity (Wildman–Crippen MR) is 148 cm³/mol. The molecule has 0 aromatic heterocycles. The largest absolute Gasteiger partial charge is 0.494 e. The first-order chi connectivity index (χ1) is 18.1. The minimum absolute atomic E-state index is 0.00773. The lowest BCUT2D eigenvalue weighted by Crippen LogP contribution is -2.54. The lowest BCUT2D eigenvalue weighted by atomic mass is 9.94. The van der Waals surface area contributed by atoms with Crippen molar-refractivity contribution in [2.45, 2.75) is 62.5 Å². The van der Waals surface area contributed by atoms with Gasteiger partial charge in [-0.1, -0.05) is 44.0 Å². The van der Waals surface area contributed by atoms with Crippen LogP contribution in [0.15, 0.2) is 53.4 Å². The molecule has 1 saturated heterocycles. The second-order valence-corrected chi connectivity index (χ2v) is 12.3. The lowest BCUT2D eigenvalue weighted by Gasteiger charge is -2.34. The van der Waals surface area contributed by atoms with Gasteiger partial charge in [0, 0.05) is 18.8 Å². The van der Waals surface area contributed by atoms with E-state index in [2.05, 4.69) is 44.9 Å². The molecule has 0 saturated carbocycles. The maximum Gasteiger partial charge on any atom is 0.265 e. The number of hydrogen-bond donors (Lipinski definition) is 2. The Balaban J connectivity index is 1.59. The molecule has 3 rings (SSSR count). The first-order valence-corrected chi connectivity index (χ1v) is 14.4. The molecule has 0 bridgehead atoms. The number of ether oxygens (including phenoxy) is 2. The number of aryl methyl sites for hydroxylation is 1. The number of terminal acetylenes is 1. The normalized spacial score (nSPS) is 15.6. The lowest BCUT2D eigenvalue weighted by molar-refractivity contribution is -0.134. The van der Waals surface area contributed by atoms with E-state index in [9.17, 15) is 18.4 Å². The third-order valence-corrected chi connectivity index (χ3v) is 9.38. The van der Waals surface area contributed by atoms with Crippen molar-refractivity contribution in [3.05, 3.63) is 65.2 Å². The van der Waals surface area contributed by atoms with E-state index >= 15 is 0 Å². The molecule has 1 heterocycles. The van der Waals surface area contributed by atoms with Crippen LogP contribution in [0.2, 0.25) is 0 Å². The number of carbonyl (C=O) groups excluding carboxylic acids is 1. The fourth-order valence-corrected chi connectivity index (χ4v) is 6.61. The highest BCUT2D eigenvalue weighted by molar-refractivity contribution is 7.93. The monoisotopic (exact) mass is 539 g/mol. The van der Waals surface area contributed by atoms with Gasteiger partial charge in [0.25, 0.3) is 5.91 Å². The van der Waals surface area contributed by atoms with Crippen molar-refractivity contribution in [2.24, 2.45) is 5.92 Å². The molecule has 0 unspecified atom stereocenters. The van der Waals surface area contributed by atoms with Crippen LogP contribution in [0.5, 0.6) is 5.75 Å². The molecular weight excluding hydrogens is 502 g/mol. The Morgan fingerprint density at radius 3 is 2.47 bits per heavy atom. The summed E-state index contributed by atoms with van der Waals surface area (Å²) in [7, 11) is -4.07. The van der Waals surface area contributed by atoms with Gasteiger partial charge in [-0.15, -0.1) is 6.42 Å². The average Bonchev–Trinajstić information content (AvgIpc) is 2.91. The van der Waals surface area contributed by atoms with Crippen molar-refractivity contribution in [3.63, 3.8) is 0 Å². The molecule has 7 nitrogen and oxygen atoms in total. The van der Waals surface area contributed by atoms with Crippen molar-refractivity contribution in [1.82, 2.24) is 5.48 Å². The van der Waals surface area contributed by atoms with E-state index in [0.717, 1.165) is 30.4 Å². The third kappa shape index (κ3) is 6.65. The number of nitrogens with one attached hydrogen (secondary N) is 1. The van der Waals surface area contributed by atoms with Crippen molar-refractivity contribution < 1.29 is 27.9 Å². The summed E-state index contributed by atoms with van der Waals surface area (Å²) in [5.74, 6) is 2.96. The van der Waals surface area contributed by atoms with Crippen LogP contribution in [0.4, 0.5) is 0 Å². The third-order valence-electron chi connectivity index (χ3n) is 6.87. The molecule has 8 heteroatoms. The van der Waals surface area contributed by atoms with E-state index in [-0.39, 0.29) is 31.0 Å². The molecule has 0 aliphatic carbocycles. The minimum atomic E-state index is -4.07. The number of rotatable bonds is 11. The van der Waals surface area contributed by atoms with Crippen molar-refractivity contribution in [2.75, 3.05) is 19.8 Å². The zero-order valence-electron chi connectivity index (χ0n) is 22.3. The van der Waals surface area contributed by atoms with Crippen molar-refractivity contribution >= 4 is 21.3 Å². The molecule has 0 radical (unpaired) electrons. The Bertz CT molecular complexity index is 1280. The van der Waals surface area contributed by atoms with E-state index in [4.69, 9.17) is 15.9 Å². The van der Waals surface area contributed by atoms with E-state index < -0.39 is 20.5 Å². The van der Waals surface area contributed by atoms with E-state index in [1.807, 2.05) is 6.08 Å². The zero-order valence-corrected chi connectivity index (χ0v) is 23.1. The van der Waals surface area contributed by atoms with Crippen molar-refractivity contribution in [3.8, 4) is 18.1 Å². The summed E-state index contributed by atoms with van der Waals surface area (Å²) in [6.45, 7) is 7.20. The Kier molecular flexibility index (Phi) is 10.1. The van der Waals surface area contributed by atoms with Crippen LogP contribution in [0, 0.1) is 25.2 Å². The van der Waals surface area contributed by atoms with Gasteiger partial charge in [-0.05, 0) is 85.9 Å². The Labute approximate surface area is 226 Å². The summed E-state index contributed by atoms with van der Waals surface area (Å²) in [4.78, 5) is 12.4. The Morgan fingerprint density at radius 2 is 1.89 bits per heavy atom.